The smallest absolute Gasteiger partial charge is 0.317 e. The lowest BCUT2D eigenvalue weighted by Crippen LogP contribution is -2.48. The van der Waals surface area contributed by atoms with Gasteiger partial charge in [0.1, 0.15) is 0 Å². The maximum absolute atomic E-state index is 12.3. The number of carbonyl (C=O) groups is 2. The van der Waals surface area contributed by atoms with E-state index in [1.807, 2.05) is 6.92 Å². The second kappa shape index (κ2) is 6.92. The molecular weight excluding hydrogens is 260 g/mol. The van der Waals surface area contributed by atoms with Gasteiger partial charge in [-0.15, -0.1) is 0 Å². The van der Waals surface area contributed by atoms with E-state index in [1.165, 1.54) is 0 Å². The molecule has 2 unspecified atom stereocenters. The Morgan fingerprint density at radius 1 is 1.40 bits per heavy atom. The van der Waals surface area contributed by atoms with E-state index in [9.17, 15) is 9.59 Å². The molecule has 1 saturated carbocycles. The van der Waals surface area contributed by atoms with Crippen molar-refractivity contribution in [2.75, 3.05) is 19.7 Å². The Morgan fingerprint density at radius 3 is 2.65 bits per heavy atom. The molecule has 114 valence electrons. The molecule has 20 heavy (non-hydrogen) atoms. The van der Waals surface area contributed by atoms with Gasteiger partial charge in [-0.1, -0.05) is 0 Å². The number of nitrogens with zero attached hydrogens (tertiary/aromatic N) is 1. The fourth-order valence-corrected chi connectivity index (χ4v) is 2.66. The maximum atomic E-state index is 12.3. The minimum atomic E-state index is -0.857. The minimum Gasteiger partial charge on any atom is -0.481 e. The Hall–Kier alpha value is -1.30. The molecule has 0 aromatic rings. The largest absolute Gasteiger partial charge is 0.481 e. The molecule has 2 fully saturated rings. The normalized spacial score (nSPS) is 23.4. The standard InChI is InChI=1S/C14H24N2O4/c1-2-16(9-11-4-3-7-20-11)14(19)15-12(8-13(17)18)10-5-6-10/h10-12H,2-9H2,1H3,(H,15,19)(H,17,18). The summed E-state index contributed by atoms with van der Waals surface area (Å²) in [5, 5.41) is 11.8. The average Bonchev–Trinajstić information content (AvgIpc) is 3.12. The van der Waals surface area contributed by atoms with Crippen molar-refractivity contribution in [2.24, 2.45) is 5.92 Å². The van der Waals surface area contributed by atoms with Crippen LogP contribution in [0.2, 0.25) is 0 Å². The molecule has 2 N–H and O–H groups in total. The summed E-state index contributed by atoms with van der Waals surface area (Å²) in [6, 6.07) is -0.403. The highest BCUT2D eigenvalue weighted by atomic mass is 16.5. The van der Waals surface area contributed by atoms with Gasteiger partial charge < -0.3 is 20.1 Å². The summed E-state index contributed by atoms with van der Waals surface area (Å²) < 4.78 is 5.55. The quantitative estimate of drug-likeness (QED) is 0.741. The van der Waals surface area contributed by atoms with Gasteiger partial charge in [-0.3, -0.25) is 4.79 Å². The van der Waals surface area contributed by atoms with Crippen LogP contribution in [0, 0.1) is 5.92 Å². The van der Waals surface area contributed by atoms with Crippen LogP contribution in [0.1, 0.15) is 39.0 Å². The SMILES string of the molecule is CCN(CC1CCCO1)C(=O)NC(CC(=O)O)C1CC1. The lowest BCUT2D eigenvalue weighted by molar-refractivity contribution is -0.137. The van der Waals surface area contributed by atoms with Gasteiger partial charge in [0.05, 0.1) is 12.5 Å². The second-order valence-corrected chi connectivity index (χ2v) is 5.66. The average molecular weight is 284 g/mol. The van der Waals surface area contributed by atoms with Crippen molar-refractivity contribution in [3.05, 3.63) is 0 Å². The number of amides is 2. The van der Waals surface area contributed by atoms with Crippen molar-refractivity contribution in [1.29, 1.82) is 0 Å². The third-order valence-corrected chi connectivity index (χ3v) is 4.01. The molecule has 6 heteroatoms. The predicted molar refractivity (Wildman–Crippen MR) is 73.5 cm³/mol. The van der Waals surface area contributed by atoms with Crippen LogP contribution >= 0.6 is 0 Å². The Bertz CT molecular complexity index is 351. The number of hydrogen-bond donors (Lipinski definition) is 2. The molecule has 1 aliphatic carbocycles. The number of carbonyl (C=O) groups excluding carboxylic acids is 1. The molecular formula is C14H24N2O4. The first-order chi connectivity index (χ1) is 9.60. The van der Waals surface area contributed by atoms with Gasteiger partial charge in [0.2, 0.25) is 0 Å². The third-order valence-electron chi connectivity index (χ3n) is 4.01. The molecule has 0 aromatic carbocycles. The first kappa shape index (κ1) is 15.1. The van der Waals surface area contributed by atoms with Crippen molar-refractivity contribution in [3.63, 3.8) is 0 Å². The Labute approximate surface area is 119 Å². The lowest BCUT2D eigenvalue weighted by Gasteiger charge is -2.27. The van der Waals surface area contributed by atoms with E-state index < -0.39 is 5.97 Å². The van der Waals surface area contributed by atoms with Gasteiger partial charge in [-0.2, -0.15) is 0 Å². The van der Waals surface area contributed by atoms with Crippen LogP contribution in [-0.4, -0.2) is 53.8 Å². The van der Waals surface area contributed by atoms with Crippen LogP contribution in [0.3, 0.4) is 0 Å². The molecule has 0 bridgehead atoms. The van der Waals surface area contributed by atoms with Gasteiger partial charge in [0.25, 0.3) is 0 Å². The monoisotopic (exact) mass is 284 g/mol. The van der Waals surface area contributed by atoms with E-state index in [4.69, 9.17) is 9.84 Å². The first-order valence-electron chi connectivity index (χ1n) is 7.49. The van der Waals surface area contributed by atoms with Crippen molar-refractivity contribution in [2.45, 2.75) is 51.2 Å². The van der Waals surface area contributed by atoms with Crippen molar-refractivity contribution < 1.29 is 19.4 Å². The highest BCUT2D eigenvalue weighted by molar-refractivity contribution is 5.76. The Balaban J connectivity index is 1.84. The topological polar surface area (TPSA) is 78.9 Å². The number of likely N-dealkylation sites (N-methyl/N-ethyl adjacent to an activating group) is 1. The zero-order valence-electron chi connectivity index (χ0n) is 12.0. The van der Waals surface area contributed by atoms with Gasteiger partial charge >= 0.3 is 12.0 Å². The van der Waals surface area contributed by atoms with Crippen molar-refractivity contribution >= 4 is 12.0 Å². The van der Waals surface area contributed by atoms with Crippen molar-refractivity contribution in [1.82, 2.24) is 10.2 Å². The summed E-state index contributed by atoms with van der Waals surface area (Å²) in [7, 11) is 0. The molecule has 1 saturated heterocycles. The van der Waals surface area contributed by atoms with E-state index >= 15 is 0 Å². The number of urea groups is 1. The van der Waals surface area contributed by atoms with Crippen LogP contribution in [-0.2, 0) is 9.53 Å². The molecule has 0 spiro atoms. The van der Waals surface area contributed by atoms with E-state index in [2.05, 4.69) is 5.32 Å². The van der Waals surface area contributed by atoms with Gasteiger partial charge in [-0.05, 0) is 38.5 Å². The van der Waals surface area contributed by atoms with Crippen LogP contribution < -0.4 is 5.32 Å². The summed E-state index contributed by atoms with van der Waals surface area (Å²) in [6.07, 6.45) is 4.19. The summed E-state index contributed by atoms with van der Waals surface area (Å²) in [4.78, 5) is 24.8. The Morgan fingerprint density at radius 2 is 2.15 bits per heavy atom. The number of aliphatic carboxylic acids is 1. The van der Waals surface area contributed by atoms with Crippen molar-refractivity contribution in [3.8, 4) is 0 Å². The highest BCUT2D eigenvalue weighted by Crippen LogP contribution is 2.34. The minimum absolute atomic E-state index is 0.00783. The van der Waals surface area contributed by atoms with E-state index in [0.717, 1.165) is 32.3 Å². The fourth-order valence-electron chi connectivity index (χ4n) is 2.66. The molecule has 6 nitrogen and oxygen atoms in total. The summed E-state index contributed by atoms with van der Waals surface area (Å²) >= 11 is 0. The molecule has 2 aliphatic rings. The summed E-state index contributed by atoms with van der Waals surface area (Å²) in [5.41, 5.74) is 0. The first-order valence-corrected chi connectivity index (χ1v) is 7.49. The molecule has 0 aromatic heterocycles. The summed E-state index contributed by atoms with van der Waals surface area (Å²) in [6.45, 7) is 3.90. The zero-order chi connectivity index (χ0) is 14.5. The van der Waals surface area contributed by atoms with Gasteiger partial charge in [0.15, 0.2) is 0 Å². The Kier molecular flexibility index (Phi) is 5.23. The molecule has 0 radical (unpaired) electrons. The molecule has 1 heterocycles. The number of carboxylic acids is 1. The van der Waals surface area contributed by atoms with Crippen LogP contribution in [0.4, 0.5) is 4.79 Å². The highest BCUT2D eigenvalue weighted by Gasteiger charge is 2.34. The number of nitrogens with one attached hydrogen (secondary N) is 1. The number of hydrogen-bond acceptors (Lipinski definition) is 3. The van der Waals surface area contributed by atoms with Gasteiger partial charge in [0, 0.05) is 25.7 Å². The maximum Gasteiger partial charge on any atom is 0.317 e. The number of ether oxygens (including phenoxy) is 1. The van der Waals surface area contributed by atoms with Crippen LogP contribution in [0.25, 0.3) is 0 Å². The number of rotatable bonds is 7. The second-order valence-electron chi connectivity index (χ2n) is 5.66. The number of carboxylic acid groups (broad SMARTS) is 1. The van der Waals surface area contributed by atoms with E-state index in [1.54, 1.807) is 4.90 Å². The fraction of sp³-hybridized carbons (Fsp3) is 0.857. The van der Waals surface area contributed by atoms with Crippen LogP contribution in [0.5, 0.6) is 0 Å². The molecule has 1 aliphatic heterocycles. The molecule has 2 atom stereocenters. The lowest BCUT2D eigenvalue weighted by atomic mass is 10.1. The molecule has 2 rings (SSSR count). The summed E-state index contributed by atoms with van der Waals surface area (Å²) in [5.74, 6) is -0.527. The van der Waals surface area contributed by atoms with E-state index in [-0.39, 0.29) is 24.6 Å². The molecule has 2 amide bonds. The zero-order valence-corrected chi connectivity index (χ0v) is 12.0. The van der Waals surface area contributed by atoms with E-state index in [0.29, 0.717) is 19.0 Å². The third kappa shape index (κ3) is 4.37. The predicted octanol–water partition coefficient (Wildman–Crippen LogP) is 1.45. The van der Waals surface area contributed by atoms with Gasteiger partial charge in [-0.25, -0.2) is 4.79 Å². The van der Waals surface area contributed by atoms with Crippen LogP contribution in [0.15, 0.2) is 0 Å².